The first-order valence-corrected chi connectivity index (χ1v) is 11.2. The molecule has 0 spiro atoms. The number of nitrogens with zero attached hydrogens (tertiary/aromatic N) is 1. The Morgan fingerprint density at radius 1 is 1.03 bits per heavy atom. The number of hydrogen-bond donors (Lipinski definition) is 0. The molecule has 156 valence electrons. The lowest BCUT2D eigenvalue weighted by Crippen LogP contribution is -2.40. The molecule has 0 amide bonds. The second-order valence-corrected chi connectivity index (χ2v) is 9.12. The van der Waals surface area contributed by atoms with E-state index in [0.29, 0.717) is 31.9 Å². The average Bonchev–Trinajstić information content (AvgIpc) is 2.78. The van der Waals surface area contributed by atoms with Gasteiger partial charge in [-0.3, -0.25) is 0 Å². The van der Waals surface area contributed by atoms with Gasteiger partial charge in [-0.05, 0) is 41.0 Å². The third kappa shape index (κ3) is 4.09. The fourth-order valence-corrected chi connectivity index (χ4v) is 5.23. The lowest BCUT2D eigenvalue weighted by atomic mass is 10.1. The van der Waals surface area contributed by atoms with E-state index >= 15 is 0 Å². The van der Waals surface area contributed by atoms with Crippen molar-refractivity contribution in [1.82, 2.24) is 4.31 Å². The molecule has 0 atom stereocenters. The van der Waals surface area contributed by atoms with E-state index in [9.17, 15) is 13.2 Å². The number of hydrogen-bond acceptors (Lipinski definition) is 5. The smallest absolute Gasteiger partial charge is 0.338 e. The van der Waals surface area contributed by atoms with Crippen LogP contribution in [-0.4, -0.2) is 45.0 Å². The third-order valence-corrected chi connectivity index (χ3v) is 7.29. The highest BCUT2D eigenvalue weighted by atomic mass is 32.2. The van der Waals surface area contributed by atoms with Gasteiger partial charge < -0.3 is 9.47 Å². The zero-order valence-electron chi connectivity index (χ0n) is 16.7. The highest BCUT2D eigenvalue weighted by Gasteiger charge is 2.28. The van der Waals surface area contributed by atoms with E-state index in [4.69, 9.17) is 9.47 Å². The fourth-order valence-electron chi connectivity index (χ4n) is 3.58. The molecule has 0 saturated carbocycles. The van der Waals surface area contributed by atoms with Crippen LogP contribution in [0.15, 0.2) is 65.6 Å². The third-order valence-electron chi connectivity index (χ3n) is 5.25. The van der Waals surface area contributed by atoms with E-state index in [0.717, 1.165) is 16.3 Å². The summed E-state index contributed by atoms with van der Waals surface area (Å²) in [6.07, 6.45) is 0. The van der Waals surface area contributed by atoms with Crippen molar-refractivity contribution >= 4 is 26.8 Å². The number of carbonyl (C=O) groups is 1. The zero-order chi connectivity index (χ0) is 21.1. The lowest BCUT2D eigenvalue weighted by Gasteiger charge is -2.26. The Kier molecular flexibility index (Phi) is 5.85. The van der Waals surface area contributed by atoms with Crippen molar-refractivity contribution in [1.29, 1.82) is 0 Å². The first-order chi connectivity index (χ1) is 14.5. The minimum atomic E-state index is -3.70. The summed E-state index contributed by atoms with van der Waals surface area (Å²) in [5.74, 6) is -0.554. The van der Waals surface area contributed by atoms with Crippen LogP contribution in [0.3, 0.4) is 0 Å². The molecule has 1 fully saturated rings. The number of fused-ring (bicyclic) bond motifs is 1. The van der Waals surface area contributed by atoms with Gasteiger partial charge in [0.25, 0.3) is 0 Å². The number of rotatable bonds is 5. The molecule has 3 aromatic carbocycles. The van der Waals surface area contributed by atoms with E-state index in [2.05, 4.69) is 0 Å². The number of benzene rings is 3. The highest BCUT2D eigenvalue weighted by Crippen LogP contribution is 2.24. The summed E-state index contributed by atoms with van der Waals surface area (Å²) in [6, 6.07) is 18.4. The van der Waals surface area contributed by atoms with Crippen LogP contribution >= 0.6 is 0 Å². The lowest BCUT2D eigenvalue weighted by molar-refractivity contribution is 0.0474. The normalized spacial score (nSPS) is 15.2. The van der Waals surface area contributed by atoms with Crippen molar-refractivity contribution in [2.45, 2.75) is 18.4 Å². The Bertz CT molecular complexity index is 1180. The maximum atomic E-state index is 13.0. The largest absolute Gasteiger partial charge is 0.457 e. The van der Waals surface area contributed by atoms with Crippen molar-refractivity contribution in [3.05, 3.63) is 77.4 Å². The van der Waals surface area contributed by atoms with Crippen molar-refractivity contribution in [2.24, 2.45) is 0 Å². The van der Waals surface area contributed by atoms with Crippen molar-refractivity contribution < 1.29 is 22.7 Å². The van der Waals surface area contributed by atoms with Crippen LogP contribution in [0.5, 0.6) is 0 Å². The minimum absolute atomic E-state index is 0.111. The van der Waals surface area contributed by atoms with Gasteiger partial charge in [-0.15, -0.1) is 0 Å². The molecule has 0 bridgehead atoms. The quantitative estimate of drug-likeness (QED) is 0.585. The van der Waals surface area contributed by atoms with Crippen LogP contribution in [0.2, 0.25) is 0 Å². The number of aryl methyl sites for hydroxylation is 1. The number of esters is 1. The Morgan fingerprint density at radius 2 is 1.77 bits per heavy atom. The van der Waals surface area contributed by atoms with Crippen LogP contribution in [0.1, 0.15) is 21.5 Å². The SMILES string of the molecule is Cc1ccc(C(=O)OCc2cccc3ccccc23)cc1S(=O)(=O)N1CCOCC1. The van der Waals surface area contributed by atoms with Crippen molar-refractivity contribution in [2.75, 3.05) is 26.3 Å². The van der Waals surface area contributed by atoms with Gasteiger partial charge in [0.2, 0.25) is 10.0 Å². The first-order valence-electron chi connectivity index (χ1n) is 9.79. The Morgan fingerprint density at radius 3 is 2.57 bits per heavy atom. The molecule has 1 heterocycles. The summed E-state index contributed by atoms with van der Waals surface area (Å²) in [5.41, 5.74) is 1.70. The predicted octanol–water partition coefficient (Wildman–Crippen LogP) is 3.53. The summed E-state index contributed by atoms with van der Waals surface area (Å²) >= 11 is 0. The maximum Gasteiger partial charge on any atom is 0.338 e. The average molecular weight is 426 g/mol. The summed E-state index contributed by atoms with van der Waals surface area (Å²) in [4.78, 5) is 12.8. The zero-order valence-corrected chi connectivity index (χ0v) is 17.5. The van der Waals surface area contributed by atoms with Crippen LogP contribution in [-0.2, 0) is 26.1 Å². The fraction of sp³-hybridized carbons (Fsp3) is 0.261. The van der Waals surface area contributed by atoms with Gasteiger partial charge in [0, 0.05) is 13.1 Å². The van der Waals surface area contributed by atoms with Gasteiger partial charge in [0.1, 0.15) is 6.61 Å². The molecule has 0 radical (unpaired) electrons. The van der Waals surface area contributed by atoms with Gasteiger partial charge in [-0.2, -0.15) is 4.31 Å². The number of carbonyl (C=O) groups excluding carboxylic acids is 1. The van der Waals surface area contributed by atoms with Gasteiger partial charge >= 0.3 is 5.97 Å². The summed E-state index contributed by atoms with van der Waals surface area (Å²) in [5, 5.41) is 2.09. The van der Waals surface area contributed by atoms with E-state index in [-0.39, 0.29) is 17.1 Å². The summed E-state index contributed by atoms with van der Waals surface area (Å²) < 4.78 is 38.2. The molecule has 1 saturated heterocycles. The standard InChI is InChI=1S/C23H23NO5S/c1-17-9-10-19(15-22(17)30(26,27)24-11-13-28-14-12-24)23(25)29-16-20-7-4-6-18-5-2-3-8-21(18)20/h2-10,15H,11-14,16H2,1H3. The molecule has 4 rings (SSSR count). The molecule has 1 aliphatic heterocycles. The van der Waals surface area contributed by atoms with E-state index in [1.807, 2.05) is 42.5 Å². The summed E-state index contributed by atoms with van der Waals surface area (Å²) in [6.45, 7) is 3.17. The highest BCUT2D eigenvalue weighted by molar-refractivity contribution is 7.89. The predicted molar refractivity (Wildman–Crippen MR) is 114 cm³/mol. The molecule has 30 heavy (non-hydrogen) atoms. The Hall–Kier alpha value is -2.74. The van der Waals surface area contributed by atoms with E-state index in [1.54, 1.807) is 19.1 Å². The molecule has 0 aromatic heterocycles. The second kappa shape index (κ2) is 8.55. The van der Waals surface area contributed by atoms with Crippen LogP contribution < -0.4 is 0 Å². The van der Waals surface area contributed by atoms with Gasteiger partial charge in [0.05, 0.1) is 23.7 Å². The molecule has 0 aliphatic carbocycles. The molecular weight excluding hydrogens is 402 g/mol. The maximum absolute atomic E-state index is 13.0. The van der Waals surface area contributed by atoms with Crippen molar-refractivity contribution in [3.8, 4) is 0 Å². The first kappa shape index (κ1) is 20.5. The Balaban J connectivity index is 1.55. The van der Waals surface area contributed by atoms with Gasteiger partial charge in [-0.25, -0.2) is 13.2 Å². The van der Waals surface area contributed by atoms with Crippen LogP contribution in [0, 0.1) is 6.92 Å². The molecule has 0 unspecified atom stereocenters. The molecule has 1 aliphatic rings. The van der Waals surface area contributed by atoms with E-state index in [1.165, 1.54) is 10.4 Å². The number of sulfonamides is 1. The molecule has 7 heteroatoms. The van der Waals surface area contributed by atoms with Gasteiger partial charge in [-0.1, -0.05) is 48.5 Å². The molecule has 0 N–H and O–H groups in total. The number of ether oxygens (including phenoxy) is 2. The molecular formula is C23H23NO5S. The van der Waals surface area contributed by atoms with Crippen LogP contribution in [0.4, 0.5) is 0 Å². The summed E-state index contributed by atoms with van der Waals surface area (Å²) in [7, 11) is -3.70. The molecule has 3 aromatic rings. The van der Waals surface area contributed by atoms with Crippen LogP contribution in [0.25, 0.3) is 10.8 Å². The minimum Gasteiger partial charge on any atom is -0.457 e. The monoisotopic (exact) mass is 425 g/mol. The second-order valence-electron chi connectivity index (χ2n) is 7.21. The van der Waals surface area contributed by atoms with Gasteiger partial charge in [0.15, 0.2) is 0 Å². The number of morpholine rings is 1. The van der Waals surface area contributed by atoms with Crippen molar-refractivity contribution in [3.63, 3.8) is 0 Å². The van der Waals surface area contributed by atoms with E-state index < -0.39 is 16.0 Å². The Labute approximate surface area is 176 Å². The molecule has 6 nitrogen and oxygen atoms in total. The topological polar surface area (TPSA) is 72.9 Å².